The maximum atomic E-state index is 11.1. The molecule has 1 fully saturated rings. The van der Waals surface area contributed by atoms with E-state index < -0.39 is 6.03 Å². The van der Waals surface area contributed by atoms with Crippen molar-refractivity contribution in [3.63, 3.8) is 0 Å². The Morgan fingerprint density at radius 2 is 2.00 bits per heavy atom. The third-order valence-corrected chi connectivity index (χ3v) is 3.82. The molecular formula is C16H20ClN3O. The average Bonchev–Trinajstić information content (AvgIpc) is 2.46. The van der Waals surface area contributed by atoms with Crippen LogP contribution >= 0.6 is 11.6 Å². The summed E-state index contributed by atoms with van der Waals surface area (Å²) in [5.41, 5.74) is 6.08. The zero-order valence-corrected chi connectivity index (χ0v) is 12.6. The summed E-state index contributed by atoms with van der Waals surface area (Å²) < 4.78 is 0. The number of benzene rings is 1. The van der Waals surface area contributed by atoms with Crippen LogP contribution in [0.2, 0.25) is 5.02 Å². The lowest BCUT2D eigenvalue weighted by Crippen LogP contribution is -2.35. The van der Waals surface area contributed by atoms with E-state index in [2.05, 4.69) is 10.3 Å². The van der Waals surface area contributed by atoms with Gasteiger partial charge in [0.25, 0.3) is 0 Å². The highest BCUT2D eigenvalue weighted by Gasteiger charge is 2.13. The van der Waals surface area contributed by atoms with E-state index >= 15 is 0 Å². The number of carbonyl (C=O) groups excluding carboxylic acids is 1. The first-order valence-electron chi connectivity index (χ1n) is 7.22. The van der Waals surface area contributed by atoms with Gasteiger partial charge in [-0.3, -0.25) is 10.3 Å². The molecular weight excluding hydrogens is 286 g/mol. The summed E-state index contributed by atoms with van der Waals surface area (Å²) in [7, 11) is 0. The maximum absolute atomic E-state index is 11.1. The Bertz CT molecular complexity index is 548. The molecule has 2 rings (SSSR count). The number of amidine groups is 1. The van der Waals surface area contributed by atoms with Crippen molar-refractivity contribution in [3.05, 3.63) is 40.9 Å². The van der Waals surface area contributed by atoms with Gasteiger partial charge >= 0.3 is 6.03 Å². The monoisotopic (exact) mass is 305 g/mol. The molecule has 0 heterocycles. The minimum absolute atomic E-state index is 0.261. The normalized spacial score (nSPS) is 17.1. The zero-order chi connectivity index (χ0) is 15.1. The zero-order valence-electron chi connectivity index (χ0n) is 11.9. The number of nitrogens with two attached hydrogens (primary N) is 1. The molecule has 0 bridgehead atoms. The number of amides is 2. The van der Waals surface area contributed by atoms with Gasteiger partial charge in [0, 0.05) is 5.02 Å². The fraction of sp³-hybridized carbons (Fsp3) is 0.375. The number of hydrogen-bond donors (Lipinski definition) is 2. The third kappa shape index (κ3) is 5.23. The van der Waals surface area contributed by atoms with Gasteiger partial charge in [-0.2, -0.15) is 0 Å². The largest absolute Gasteiger partial charge is 0.351 e. The molecule has 21 heavy (non-hydrogen) atoms. The summed E-state index contributed by atoms with van der Waals surface area (Å²) in [6, 6.07) is 7.16. The molecule has 0 saturated heterocycles. The van der Waals surface area contributed by atoms with Crippen LogP contribution in [0.4, 0.5) is 4.79 Å². The second-order valence-electron chi connectivity index (χ2n) is 5.15. The molecule has 1 aliphatic rings. The predicted molar refractivity (Wildman–Crippen MR) is 87.5 cm³/mol. The van der Waals surface area contributed by atoms with Gasteiger partial charge in [-0.25, -0.2) is 4.79 Å². The van der Waals surface area contributed by atoms with Gasteiger partial charge in [0.15, 0.2) is 0 Å². The number of hydrogen-bond acceptors (Lipinski definition) is 2. The van der Waals surface area contributed by atoms with Crippen LogP contribution in [0.1, 0.15) is 37.7 Å². The Morgan fingerprint density at radius 3 is 2.67 bits per heavy atom. The molecule has 0 spiro atoms. The Kier molecular flexibility index (Phi) is 5.81. The molecule has 2 amide bonds. The molecule has 112 valence electrons. The molecule has 4 nitrogen and oxygen atoms in total. The van der Waals surface area contributed by atoms with Crippen molar-refractivity contribution in [2.45, 2.75) is 38.1 Å². The molecule has 1 aromatic rings. The van der Waals surface area contributed by atoms with E-state index in [4.69, 9.17) is 17.3 Å². The summed E-state index contributed by atoms with van der Waals surface area (Å²) >= 11 is 6.10. The number of primary amides is 1. The van der Waals surface area contributed by atoms with Crippen LogP contribution < -0.4 is 11.1 Å². The lowest BCUT2D eigenvalue weighted by molar-refractivity contribution is 0.253. The van der Waals surface area contributed by atoms with E-state index in [1.54, 1.807) is 6.08 Å². The molecule has 1 aromatic carbocycles. The Labute approximate surface area is 130 Å². The fourth-order valence-electron chi connectivity index (χ4n) is 2.43. The molecule has 3 N–H and O–H groups in total. The van der Waals surface area contributed by atoms with Crippen LogP contribution in [0.15, 0.2) is 35.3 Å². The molecule has 0 atom stereocenters. The second-order valence-corrected chi connectivity index (χ2v) is 5.56. The van der Waals surface area contributed by atoms with Crippen LogP contribution in [0, 0.1) is 0 Å². The number of rotatable bonds is 3. The van der Waals surface area contributed by atoms with Crippen molar-refractivity contribution >= 4 is 29.5 Å². The van der Waals surface area contributed by atoms with E-state index in [0.717, 1.165) is 18.4 Å². The smallest absolute Gasteiger partial charge is 0.317 e. The third-order valence-electron chi connectivity index (χ3n) is 3.47. The molecule has 0 unspecified atom stereocenters. The molecule has 0 radical (unpaired) electrons. The van der Waals surface area contributed by atoms with E-state index in [1.807, 2.05) is 30.3 Å². The molecule has 1 aliphatic carbocycles. The van der Waals surface area contributed by atoms with Crippen molar-refractivity contribution in [1.82, 2.24) is 5.32 Å². The standard InChI is InChI=1S/C16H20ClN3O/c17-14-9-5-4-6-12(14)10-11-15(20-16(18)21)19-13-7-2-1-3-8-13/h4-6,9-11,13H,1-3,7-8H2,(H3,18,19,20,21). The van der Waals surface area contributed by atoms with Gasteiger partial charge in [0.1, 0.15) is 5.84 Å². The molecule has 5 heteroatoms. The summed E-state index contributed by atoms with van der Waals surface area (Å²) in [5.74, 6) is 0.495. The van der Waals surface area contributed by atoms with Gasteiger partial charge in [0.2, 0.25) is 0 Å². The van der Waals surface area contributed by atoms with Gasteiger partial charge in [-0.15, -0.1) is 0 Å². The lowest BCUT2D eigenvalue weighted by atomic mass is 9.96. The molecule has 0 aliphatic heterocycles. The van der Waals surface area contributed by atoms with Crippen LogP contribution in [-0.4, -0.2) is 17.9 Å². The van der Waals surface area contributed by atoms with Crippen LogP contribution in [0.3, 0.4) is 0 Å². The van der Waals surface area contributed by atoms with Gasteiger partial charge in [-0.1, -0.05) is 49.1 Å². The van der Waals surface area contributed by atoms with E-state index in [1.165, 1.54) is 19.3 Å². The van der Waals surface area contributed by atoms with Crippen LogP contribution in [0.5, 0.6) is 0 Å². The maximum Gasteiger partial charge on any atom is 0.317 e. The highest BCUT2D eigenvalue weighted by Crippen LogP contribution is 2.20. The predicted octanol–water partition coefficient (Wildman–Crippen LogP) is 3.75. The van der Waals surface area contributed by atoms with Crippen molar-refractivity contribution in [1.29, 1.82) is 0 Å². The fourth-order valence-corrected chi connectivity index (χ4v) is 2.63. The first kappa shape index (κ1) is 15.6. The van der Waals surface area contributed by atoms with Crippen molar-refractivity contribution in [2.24, 2.45) is 10.7 Å². The average molecular weight is 306 g/mol. The first-order chi connectivity index (χ1) is 10.1. The Hall–Kier alpha value is -1.81. The number of nitrogens with zero attached hydrogens (tertiary/aromatic N) is 1. The van der Waals surface area contributed by atoms with E-state index in [0.29, 0.717) is 10.9 Å². The quantitative estimate of drug-likeness (QED) is 0.648. The SMILES string of the molecule is NC(=O)NC(C=Cc1ccccc1Cl)=NC1CCCCC1. The second kappa shape index (κ2) is 7.84. The van der Waals surface area contributed by atoms with Gasteiger partial charge in [0.05, 0.1) is 6.04 Å². The van der Waals surface area contributed by atoms with Crippen LogP contribution in [-0.2, 0) is 0 Å². The van der Waals surface area contributed by atoms with E-state index in [-0.39, 0.29) is 6.04 Å². The number of carbonyl (C=O) groups is 1. The number of aliphatic imine (C=N–C) groups is 1. The number of halogens is 1. The van der Waals surface area contributed by atoms with Crippen molar-refractivity contribution < 1.29 is 4.79 Å². The minimum Gasteiger partial charge on any atom is -0.351 e. The summed E-state index contributed by atoms with van der Waals surface area (Å²) in [6.45, 7) is 0. The van der Waals surface area contributed by atoms with Gasteiger partial charge in [-0.05, 0) is 36.6 Å². The summed E-state index contributed by atoms with van der Waals surface area (Å²) in [6.07, 6.45) is 9.34. The highest BCUT2D eigenvalue weighted by molar-refractivity contribution is 6.32. The highest BCUT2D eigenvalue weighted by atomic mass is 35.5. The lowest BCUT2D eigenvalue weighted by Gasteiger charge is -2.18. The van der Waals surface area contributed by atoms with E-state index in [9.17, 15) is 4.79 Å². The Balaban J connectivity index is 2.14. The first-order valence-corrected chi connectivity index (χ1v) is 7.60. The van der Waals surface area contributed by atoms with Crippen molar-refractivity contribution in [2.75, 3.05) is 0 Å². The summed E-state index contributed by atoms with van der Waals surface area (Å²) in [4.78, 5) is 15.7. The summed E-state index contributed by atoms with van der Waals surface area (Å²) in [5, 5.41) is 3.23. The minimum atomic E-state index is -0.603. The van der Waals surface area contributed by atoms with Crippen LogP contribution in [0.25, 0.3) is 6.08 Å². The molecule has 1 saturated carbocycles. The topological polar surface area (TPSA) is 67.5 Å². The molecule has 0 aromatic heterocycles. The van der Waals surface area contributed by atoms with Gasteiger partial charge < -0.3 is 5.73 Å². The number of nitrogens with one attached hydrogen (secondary N) is 1. The van der Waals surface area contributed by atoms with Crippen molar-refractivity contribution in [3.8, 4) is 0 Å². The Morgan fingerprint density at radius 1 is 1.29 bits per heavy atom. The number of urea groups is 1.